The molecule has 1 fully saturated rings. The fourth-order valence-corrected chi connectivity index (χ4v) is 9.21. The first-order valence-electron chi connectivity index (χ1n) is 22.9. The van der Waals surface area contributed by atoms with Gasteiger partial charge in [0.15, 0.2) is 11.6 Å². The molecule has 9 rings (SSSR count). The maximum Gasteiger partial charge on any atom is 0.339 e. The van der Waals surface area contributed by atoms with Crippen molar-refractivity contribution >= 4 is 56.7 Å². The van der Waals surface area contributed by atoms with E-state index in [1.807, 2.05) is 65.8 Å². The van der Waals surface area contributed by atoms with Crippen molar-refractivity contribution in [3.63, 3.8) is 0 Å². The first kappa shape index (κ1) is 49.7. The number of rotatable bonds is 9. The summed E-state index contributed by atoms with van der Waals surface area (Å²) in [5.41, 5.74) is 2.72. The molecule has 2 aromatic heterocycles. The second-order valence-electron chi connectivity index (χ2n) is 18.1. The molecule has 4 N–H and O–H groups in total. The van der Waals surface area contributed by atoms with E-state index in [9.17, 15) is 42.6 Å². The lowest BCUT2D eigenvalue weighted by Gasteiger charge is -2.29. The largest absolute Gasteiger partial charge is 0.494 e. The minimum atomic E-state index is -1.20. The summed E-state index contributed by atoms with van der Waals surface area (Å²) < 4.78 is 52.0. The van der Waals surface area contributed by atoms with E-state index in [0.717, 1.165) is 78.8 Å². The van der Waals surface area contributed by atoms with Gasteiger partial charge >= 0.3 is 11.9 Å². The van der Waals surface area contributed by atoms with Gasteiger partial charge in [0.1, 0.15) is 11.6 Å². The minimum absolute atomic E-state index is 0.0456. The van der Waals surface area contributed by atoms with Gasteiger partial charge in [-0.05, 0) is 84.3 Å². The average molecular weight is 948 g/mol. The summed E-state index contributed by atoms with van der Waals surface area (Å²) in [4.78, 5) is 62.1. The lowest BCUT2D eigenvalue weighted by atomic mass is 9.81. The Morgan fingerprint density at radius 2 is 1.20 bits per heavy atom. The molecule has 16 heteroatoms. The number of aromatic nitrogens is 2. The molecule has 0 unspecified atom stereocenters. The molecule has 0 aliphatic carbocycles. The molecule has 3 aliphatic heterocycles. The van der Waals surface area contributed by atoms with Crippen LogP contribution in [-0.2, 0) is 25.2 Å². The summed E-state index contributed by atoms with van der Waals surface area (Å²) in [6.45, 7) is 17.1. The van der Waals surface area contributed by atoms with Gasteiger partial charge in [-0.25, -0.2) is 22.8 Å². The monoisotopic (exact) mass is 947 g/mol. The van der Waals surface area contributed by atoms with Gasteiger partial charge in [-0.15, -0.1) is 0 Å². The molecule has 0 bridgehead atoms. The number of carbonyl (C=O) groups excluding carboxylic acids is 2. The molecular weight excluding hydrogens is 892 g/mol. The molecule has 13 nitrogen and oxygen atoms in total. The number of ether oxygens (including phenoxy) is 2. The summed E-state index contributed by atoms with van der Waals surface area (Å²) in [7, 11) is 0. The Balaban J connectivity index is 0.000000203. The fourth-order valence-electron chi connectivity index (χ4n) is 9.21. The van der Waals surface area contributed by atoms with Crippen LogP contribution in [-0.4, -0.2) is 111 Å². The number of aliphatic carboxylic acids is 2. The van der Waals surface area contributed by atoms with Crippen LogP contribution < -0.4 is 4.74 Å². The predicted octanol–water partition coefficient (Wildman–Crippen LogP) is 9.60. The number of H-pyrrole nitrogens is 2. The number of hydrogen-bond donors (Lipinski definition) is 4. The highest BCUT2D eigenvalue weighted by molar-refractivity contribution is 6.18. The average Bonchev–Trinajstić information content (AvgIpc) is 3.85. The summed E-state index contributed by atoms with van der Waals surface area (Å²) in [6, 6.07) is 21.6. The Morgan fingerprint density at radius 3 is 1.78 bits per heavy atom. The van der Waals surface area contributed by atoms with Crippen LogP contribution >= 0.6 is 0 Å². The van der Waals surface area contributed by atoms with Crippen molar-refractivity contribution in [2.45, 2.75) is 58.8 Å². The van der Waals surface area contributed by atoms with Gasteiger partial charge in [0.25, 0.3) is 11.8 Å². The number of nitrogens with one attached hydrogen (secondary N) is 2. The number of aromatic amines is 2. The Hall–Kier alpha value is -7.17. The third-order valence-electron chi connectivity index (χ3n) is 12.3. The molecule has 6 aromatic rings. The van der Waals surface area contributed by atoms with Crippen LogP contribution in [0.3, 0.4) is 0 Å². The number of carbonyl (C=O) groups is 4. The SMILES string of the molecule is CC.CC1(C)CN(C(=O)c2ccc(F)c(F)c2)C=C(C(=O)O)c2[nH]c3ccccc3c21.CC1(C)CN(C(=O)c2ccc(OCCCN3CCOCC3)cc2)C=C(C(=O)O)c2[nH]c3cc(F)ccc3c21. The van der Waals surface area contributed by atoms with E-state index in [4.69, 9.17) is 9.47 Å². The molecular formula is C53H56F3N5O8. The van der Waals surface area contributed by atoms with E-state index in [2.05, 4.69) is 14.9 Å². The van der Waals surface area contributed by atoms with E-state index in [0.29, 0.717) is 34.8 Å². The molecule has 69 heavy (non-hydrogen) atoms. The zero-order chi connectivity index (χ0) is 49.8. The molecule has 1 saturated heterocycles. The van der Waals surface area contributed by atoms with Gasteiger partial charge in [0.2, 0.25) is 0 Å². The summed E-state index contributed by atoms with van der Waals surface area (Å²) in [5.74, 6) is -5.21. The summed E-state index contributed by atoms with van der Waals surface area (Å²) in [5, 5.41) is 21.5. The molecule has 0 spiro atoms. The smallest absolute Gasteiger partial charge is 0.339 e. The van der Waals surface area contributed by atoms with E-state index >= 15 is 0 Å². The number of benzene rings is 4. The number of morpholine rings is 1. The van der Waals surface area contributed by atoms with Crippen molar-refractivity contribution in [2.24, 2.45) is 0 Å². The topological polar surface area (TPSA) is 168 Å². The zero-order valence-corrected chi connectivity index (χ0v) is 39.4. The molecule has 2 amide bonds. The van der Waals surface area contributed by atoms with E-state index in [-0.39, 0.29) is 35.7 Å². The first-order chi connectivity index (χ1) is 32.9. The van der Waals surface area contributed by atoms with Gasteiger partial charge in [0.05, 0.1) is 42.4 Å². The summed E-state index contributed by atoms with van der Waals surface area (Å²) >= 11 is 0. The van der Waals surface area contributed by atoms with Gasteiger partial charge in [-0.2, -0.15) is 0 Å². The Labute approximate surface area is 397 Å². The van der Waals surface area contributed by atoms with E-state index < -0.39 is 46.1 Å². The normalized spacial score (nSPS) is 16.3. The number of fused-ring (bicyclic) bond motifs is 6. The standard InChI is InChI=1S/C29H32FN3O5.C22H18F2N2O3.C2H6/c1-29(2)18-33(17-23(28(35)36)26-25(29)22-9-6-20(30)16-24(22)31-26)27(34)19-4-7-21(8-5-19)38-13-3-10-32-11-14-37-15-12-32;1-22(2)11-26(20(27)12-7-8-15(23)16(24)9-12)10-14(21(28)29)19-18(22)13-5-3-4-6-17(13)25-19;1-2/h4-9,16-17,31H,3,10-15,18H2,1-2H3,(H,35,36);3-10,25H,11H2,1-2H3,(H,28,29);1-2H3. The number of carboxylic acid groups (broad SMARTS) is 2. The second-order valence-corrected chi connectivity index (χ2v) is 18.1. The number of halogens is 3. The lowest BCUT2D eigenvalue weighted by molar-refractivity contribution is -0.131. The maximum atomic E-state index is 13.9. The number of carboxylic acids is 2. The van der Waals surface area contributed by atoms with Gasteiger partial charge in [-0.1, -0.05) is 59.7 Å². The number of hydrogen-bond acceptors (Lipinski definition) is 7. The van der Waals surface area contributed by atoms with E-state index in [1.54, 1.807) is 30.3 Å². The Bertz CT molecular complexity index is 2970. The number of para-hydroxylation sites is 1. The molecule has 3 aliphatic rings. The number of nitrogens with zero attached hydrogens (tertiary/aromatic N) is 3. The van der Waals surface area contributed by atoms with Crippen LogP contribution in [0.15, 0.2) is 97.3 Å². The molecule has 4 aromatic carbocycles. The number of amides is 2. The van der Waals surface area contributed by atoms with Gasteiger partial charge < -0.3 is 39.5 Å². The predicted molar refractivity (Wildman–Crippen MR) is 257 cm³/mol. The maximum absolute atomic E-state index is 13.9. The second kappa shape index (κ2) is 20.6. The third-order valence-corrected chi connectivity index (χ3v) is 12.3. The molecule has 362 valence electrons. The first-order valence-corrected chi connectivity index (χ1v) is 22.9. The zero-order valence-electron chi connectivity index (χ0n) is 39.4. The Morgan fingerprint density at radius 1 is 0.667 bits per heavy atom. The van der Waals surface area contributed by atoms with Crippen molar-refractivity contribution in [3.05, 3.63) is 148 Å². The van der Waals surface area contributed by atoms with Crippen LogP contribution in [0.4, 0.5) is 13.2 Å². The molecule has 0 radical (unpaired) electrons. The van der Waals surface area contributed by atoms with Crippen LogP contribution in [0.1, 0.15) is 91.2 Å². The van der Waals surface area contributed by atoms with Crippen molar-refractivity contribution in [3.8, 4) is 5.75 Å². The highest BCUT2D eigenvalue weighted by atomic mass is 19.2. The van der Waals surface area contributed by atoms with Crippen LogP contribution in [0, 0.1) is 17.5 Å². The van der Waals surface area contributed by atoms with Crippen LogP contribution in [0.2, 0.25) is 0 Å². The van der Waals surface area contributed by atoms with E-state index in [1.165, 1.54) is 40.4 Å². The highest BCUT2D eigenvalue weighted by Gasteiger charge is 2.39. The minimum Gasteiger partial charge on any atom is -0.494 e. The summed E-state index contributed by atoms with van der Waals surface area (Å²) in [6.07, 6.45) is 3.53. The van der Waals surface area contributed by atoms with Crippen molar-refractivity contribution in [2.75, 3.05) is 52.5 Å². The Kier molecular flexibility index (Phi) is 14.8. The third kappa shape index (κ3) is 10.6. The molecule has 0 atom stereocenters. The van der Waals surface area contributed by atoms with Crippen molar-refractivity contribution in [1.29, 1.82) is 0 Å². The van der Waals surface area contributed by atoms with Crippen LogP contribution in [0.25, 0.3) is 33.0 Å². The van der Waals surface area contributed by atoms with Crippen molar-refractivity contribution in [1.82, 2.24) is 24.7 Å². The van der Waals surface area contributed by atoms with Gasteiger partial charge in [-0.3, -0.25) is 14.5 Å². The molecule has 5 heterocycles. The molecule has 0 saturated carbocycles. The quantitative estimate of drug-likeness (QED) is 0.103. The van der Waals surface area contributed by atoms with Gasteiger partial charge in [0, 0.05) is 88.9 Å². The fraction of sp³-hybridized carbons (Fsp3) is 0.321. The van der Waals surface area contributed by atoms with Crippen molar-refractivity contribution < 1.29 is 52.0 Å². The highest BCUT2D eigenvalue weighted by Crippen LogP contribution is 2.42. The van der Waals surface area contributed by atoms with Crippen LogP contribution in [0.5, 0.6) is 5.75 Å². The lowest BCUT2D eigenvalue weighted by Crippen LogP contribution is -2.37.